The molecule has 0 aromatic rings. The molecule has 0 aromatic heterocycles. The van der Waals surface area contributed by atoms with E-state index in [9.17, 15) is 4.79 Å². The van der Waals surface area contributed by atoms with E-state index < -0.39 is 0 Å². The molecule has 148 valence electrons. The second kappa shape index (κ2) is 14.6. The lowest BCUT2D eigenvalue weighted by molar-refractivity contribution is -0.129. The Bertz CT molecular complexity index is 390. The lowest BCUT2D eigenvalue weighted by Gasteiger charge is -2.27. The van der Waals surface area contributed by atoms with Gasteiger partial charge in [-0.05, 0) is 31.6 Å². The van der Waals surface area contributed by atoms with Gasteiger partial charge in [-0.25, -0.2) is 0 Å². The number of rotatable bonds is 11. The lowest BCUT2D eigenvalue weighted by atomic mass is 9.99. The second-order valence-electron chi connectivity index (χ2n) is 6.84. The Morgan fingerprint density at radius 1 is 1.20 bits per heavy atom. The van der Waals surface area contributed by atoms with Crippen LogP contribution in [0.3, 0.4) is 0 Å². The van der Waals surface area contributed by atoms with E-state index >= 15 is 0 Å². The molecular formula is C19H39IN4O. The highest BCUT2D eigenvalue weighted by Gasteiger charge is 2.26. The minimum absolute atomic E-state index is 0. The second-order valence-corrected chi connectivity index (χ2v) is 6.84. The van der Waals surface area contributed by atoms with E-state index in [2.05, 4.69) is 41.3 Å². The molecule has 0 aromatic carbocycles. The average molecular weight is 466 g/mol. The molecular weight excluding hydrogens is 427 g/mol. The number of carbonyl (C=O) groups is 1. The van der Waals surface area contributed by atoms with Crippen molar-refractivity contribution in [3.8, 4) is 0 Å². The molecule has 1 rings (SSSR count). The molecule has 2 unspecified atom stereocenters. The highest BCUT2D eigenvalue weighted by atomic mass is 127. The predicted molar refractivity (Wildman–Crippen MR) is 118 cm³/mol. The van der Waals surface area contributed by atoms with E-state index in [4.69, 9.17) is 0 Å². The number of hydrogen-bond donors (Lipinski definition) is 2. The molecule has 1 aliphatic heterocycles. The summed E-state index contributed by atoms with van der Waals surface area (Å²) in [6, 6.07) is 0.360. The van der Waals surface area contributed by atoms with Crippen molar-refractivity contribution >= 4 is 35.8 Å². The fraction of sp³-hybridized carbons (Fsp3) is 0.895. The van der Waals surface area contributed by atoms with Gasteiger partial charge in [0.25, 0.3) is 0 Å². The summed E-state index contributed by atoms with van der Waals surface area (Å²) in [5.74, 6) is 1.92. The van der Waals surface area contributed by atoms with Gasteiger partial charge in [0.05, 0.1) is 0 Å². The van der Waals surface area contributed by atoms with E-state index in [1.165, 1.54) is 25.7 Å². The molecule has 0 aliphatic carbocycles. The number of amides is 1. The molecule has 0 radical (unpaired) electrons. The van der Waals surface area contributed by atoms with E-state index in [-0.39, 0.29) is 24.0 Å². The number of nitrogens with zero attached hydrogens (tertiary/aromatic N) is 2. The number of likely N-dealkylation sites (tertiary alicyclic amines) is 1. The number of carbonyl (C=O) groups excluding carboxylic acids is 1. The molecule has 1 amide bonds. The van der Waals surface area contributed by atoms with Crippen molar-refractivity contribution in [3.63, 3.8) is 0 Å². The van der Waals surface area contributed by atoms with Gasteiger partial charge in [-0.2, -0.15) is 0 Å². The maximum absolute atomic E-state index is 11.9. The number of unbranched alkanes of at least 4 members (excludes halogenated alkanes) is 1. The molecule has 1 saturated heterocycles. The van der Waals surface area contributed by atoms with E-state index in [0.29, 0.717) is 17.9 Å². The lowest BCUT2D eigenvalue weighted by Crippen LogP contribution is -2.43. The van der Waals surface area contributed by atoms with E-state index in [1.54, 1.807) is 0 Å². The number of hydrogen-bond acceptors (Lipinski definition) is 2. The quantitative estimate of drug-likeness (QED) is 0.277. The van der Waals surface area contributed by atoms with Crippen molar-refractivity contribution in [1.29, 1.82) is 0 Å². The fourth-order valence-corrected chi connectivity index (χ4v) is 3.40. The van der Waals surface area contributed by atoms with Crippen LogP contribution in [0, 0.1) is 5.92 Å². The topological polar surface area (TPSA) is 56.7 Å². The maximum atomic E-state index is 11.9. The van der Waals surface area contributed by atoms with Crippen LogP contribution in [0.4, 0.5) is 0 Å². The van der Waals surface area contributed by atoms with Gasteiger partial charge in [-0.1, -0.05) is 40.0 Å². The van der Waals surface area contributed by atoms with Crippen molar-refractivity contribution in [3.05, 3.63) is 0 Å². The maximum Gasteiger partial charge on any atom is 0.222 e. The summed E-state index contributed by atoms with van der Waals surface area (Å²) < 4.78 is 0. The molecule has 2 atom stereocenters. The first kappa shape index (κ1) is 24.5. The number of halogens is 1. The van der Waals surface area contributed by atoms with Crippen LogP contribution in [-0.2, 0) is 4.79 Å². The smallest absolute Gasteiger partial charge is 0.222 e. The van der Waals surface area contributed by atoms with Crippen LogP contribution in [0.25, 0.3) is 0 Å². The zero-order valence-electron chi connectivity index (χ0n) is 16.6. The number of guanidine groups is 1. The molecule has 1 heterocycles. The van der Waals surface area contributed by atoms with Crippen molar-refractivity contribution in [2.24, 2.45) is 10.9 Å². The summed E-state index contributed by atoms with van der Waals surface area (Å²) >= 11 is 0. The SMILES string of the molecule is CCCCC(CC)CNC(=NC)NCCC(CC)N1CCCC1=O.I. The largest absolute Gasteiger partial charge is 0.356 e. The van der Waals surface area contributed by atoms with Gasteiger partial charge in [0.15, 0.2) is 5.96 Å². The summed E-state index contributed by atoms with van der Waals surface area (Å²) in [6.07, 6.45) is 8.80. The third-order valence-electron chi connectivity index (χ3n) is 5.12. The molecule has 0 saturated carbocycles. The van der Waals surface area contributed by atoms with Crippen molar-refractivity contribution in [1.82, 2.24) is 15.5 Å². The Kier molecular flexibility index (Phi) is 14.3. The Hall–Kier alpha value is -0.530. The molecule has 1 fully saturated rings. The highest BCUT2D eigenvalue weighted by molar-refractivity contribution is 14.0. The third-order valence-corrected chi connectivity index (χ3v) is 5.12. The fourth-order valence-electron chi connectivity index (χ4n) is 3.40. The normalized spacial score (nSPS) is 17.2. The van der Waals surface area contributed by atoms with Gasteiger partial charge in [-0.15, -0.1) is 24.0 Å². The molecule has 0 bridgehead atoms. The Balaban J connectivity index is 0.00000576. The number of nitrogens with one attached hydrogen (secondary N) is 2. The van der Waals surface area contributed by atoms with Crippen molar-refractivity contribution < 1.29 is 4.79 Å². The van der Waals surface area contributed by atoms with Gasteiger partial charge in [0.1, 0.15) is 0 Å². The first-order valence-electron chi connectivity index (χ1n) is 9.90. The summed E-state index contributed by atoms with van der Waals surface area (Å²) in [7, 11) is 1.82. The van der Waals surface area contributed by atoms with Crippen LogP contribution < -0.4 is 10.6 Å². The van der Waals surface area contributed by atoms with E-state index in [1.807, 2.05) is 7.05 Å². The Morgan fingerprint density at radius 2 is 1.96 bits per heavy atom. The monoisotopic (exact) mass is 466 g/mol. The van der Waals surface area contributed by atoms with E-state index in [0.717, 1.165) is 51.3 Å². The van der Waals surface area contributed by atoms with Gasteiger partial charge in [0, 0.05) is 39.1 Å². The molecule has 6 heteroatoms. The van der Waals surface area contributed by atoms with Gasteiger partial charge < -0.3 is 15.5 Å². The van der Waals surface area contributed by atoms with Crippen LogP contribution in [0.5, 0.6) is 0 Å². The van der Waals surface area contributed by atoms with Crippen LogP contribution in [-0.4, -0.2) is 49.5 Å². The summed E-state index contributed by atoms with van der Waals surface area (Å²) in [5, 5.41) is 6.87. The van der Waals surface area contributed by atoms with Gasteiger partial charge in [0.2, 0.25) is 5.91 Å². The molecule has 1 aliphatic rings. The van der Waals surface area contributed by atoms with Crippen LogP contribution in [0.2, 0.25) is 0 Å². The minimum atomic E-state index is 0. The minimum Gasteiger partial charge on any atom is -0.356 e. The predicted octanol–water partition coefficient (Wildman–Crippen LogP) is 3.78. The molecule has 2 N–H and O–H groups in total. The average Bonchev–Trinajstić information content (AvgIpc) is 3.02. The van der Waals surface area contributed by atoms with Crippen LogP contribution in [0.1, 0.15) is 72.1 Å². The molecule has 0 spiro atoms. The zero-order valence-corrected chi connectivity index (χ0v) is 19.0. The first-order chi connectivity index (χ1) is 11.7. The Morgan fingerprint density at radius 3 is 2.48 bits per heavy atom. The third kappa shape index (κ3) is 9.11. The summed E-state index contributed by atoms with van der Waals surface area (Å²) in [6.45, 7) is 9.45. The first-order valence-corrected chi connectivity index (χ1v) is 9.90. The highest BCUT2D eigenvalue weighted by Crippen LogP contribution is 2.17. The Labute approximate surface area is 171 Å². The zero-order chi connectivity index (χ0) is 17.8. The molecule has 25 heavy (non-hydrogen) atoms. The standard InChI is InChI=1S/C19H38N4O.HI/c1-5-8-10-16(6-2)15-22-19(20-4)21-13-12-17(7-3)23-14-9-11-18(23)24;/h16-17H,5-15H2,1-4H3,(H2,20,21,22);1H. The summed E-state index contributed by atoms with van der Waals surface area (Å²) in [4.78, 5) is 18.3. The van der Waals surface area contributed by atoms with Gasteiger partial charge >= 0.3 is 0 Å². The number of aliphatic imine (C=N–C) groups is 1. The van der Waals surface area contributed by atoms with Gasteiger partial charge in [-0.3, -0.25) is 9.79 Å². The molecule has 5 nitrogen and oxygen atoms in total. The summed E-state index contributed by atoms with van der Waals surface area (Å²) in [5.41, 5.74) is 0. The van der Waals surface area contributed by atoms with Crippen molar-refractivity contribution in [2.75, 3.05) is 26.7 Å². The van der Waals surface area contributed by atoms with Crippen LogP contribution >= 0.6 is 24.0 Å². The van der Waals surface area contributed by atoms with Crippen LogP contribution in [0.15, 0.2) is 4.99 Å². The van der Waals surface area contributed by atoms with Crippen molar-refractivity contribution in [2.45, 2.75) is 78.2 Å².